The number of thiophene rings is 2. The molecule has 276 valence electrons. The summed E-state index contributed by atoms with van der Waals surface area (Å²) >= 11 is 3.72. The van der Waals surface area contributed by atoms with E-state index in [0.29, 0.717) is 0 Å². The molecular formula is C55H33NOS2. The number of para-hydroxylation sites is 2. The molecule has 2 nitrogen and oxygen atoms in total. The minimum Gasteiger partial charge on any atom is -0.454 e. The number of hydrogen-bond acceptors (Lipinski definition) is 4. The van der Waals surface area contributed by atoms with E-state index in [1.807, 2.05) is 22.7 Å². The van der Waals surface area contributed by atoms with Crippen molar-refractivity contribution in [3.05, 3.63) is 222 Å². The molecule has 9 aromatic carbocycles. The van der Waals surface area contributed by atoms with Crippen molar-refractivity contribution >= 4 is 80.1 Å². The predicted molar refractivity (Wildman–Crippen MR) is 250 cm³/mol. The fraction of sp³-hybridized carbons (Fsp3) is 0.0182. The van der Waals surface area contributed by atoms with Crippen LogP contribution in [0.1, 0.15) is 22.3 Å². The highest BCUT2D eigenvalue weighted by Gasteiger charge is 2.51. The van der Waals surface area contributed by atoms with E-state index in [9.17, 15) is 0 Å². The Balaban J connectivity index is 1.13. The van der Waals surface area contributed by atoms with Crippen molar-refractivity contribution in [1.29, 1.82) is 0 Å². The highest BCUT2D eigenvalue weighted by atomic mass is 32.1. The van der Waals surface area contributed by atoms with Crippen LogP contribution < -0.4 is 9.64 Å². The van der Waals surface area contributed by atoms with E-state index in [2.05, 4.69) is 205 Å². The molecule has 1 aliphatic heterocycles. The Morgan fingerprint density at radius 2 is 1.02 bits per heavy atom. The Labute approximate surface area is 349 Å². The summed E-state index contributed by atoms with van der Waals surface area (Å²) in [6, 6.07) is 73.5. The molecule has 0 radical (unpaired) electrons. The van der Waals surface area contributed by atoms with Crippen LogP contribution in [0.3, 0.4) is 0 Å². The van der Waals surface area contributed by atoms with Crippen molar-refractivity contribution in [2.24, 2.45) is 0 Å². The molecule has 0 unspecified atom stereocenters. The largest absolute Gasteiger partial charge is 0.454 e. The average Bonchev–Trinajstić information content (AvgIpc) is 3.96. The molecule has 0 atom stereocenters. The summed E-state index contributed by atoms with van der Waals surface area (Å²) in [6.45, 7) is 0. The quantitative estimate of drug-likeness (QED) is 0.176. The molecule has 0 amide bonds. The van der Waals surface area contributed by atoms with Gasteiger partial charge in [-0.3, -0.25) is 0 Å². The Kier molecular flexibility index (Phi) is 7.00. The van der Waals surface area contributed by atoms with Crippen molar-refractivity contribution in [3.8, 4) is 33.8 Å². The molecule has 0 N–H and O–H groups in total. The predicted octanol–water partition coefficient (Wildman–Crippen LogP) is 16.0. The van der Waals surface area contributed by atoms with Gasteiger partial charge in [-0.05, 0) is 81.9 Å². The van der Waals surface area contributed by atoms with Gasteiger partial charge in [0.15, 0.2) is 5.75 Å². The van der Waals surface area contributed by atoms with Gasteiger partial charge in [-0.1, -0.05) is 152 Å². The van der Waals surface area contributed by atoms with Gasteiger partial charge in [-0.15, -0.1) is 22.7 Å². The van der Waals surface area contributed by atoms with Gasteiger partial charge in [-0.25, -0.2) is 0 Å². The lowest BCUT2D eigenvalue weighted by Gasteiger charge is -2.41. The Bertz CT molecular complexity index is 3460. The van der Waals surface area contributed by atoms with Crippen LogP contribution in [0.15, 0.2) is 200 Å². The van der Waals surface area contributed by atoms with E-state index in [-0.39, 0.29) is 0 Å². The molecule has 1 aliphatic carbocycles. The zero-order chi connectivity index (χ0) is 38.7. The third-order valence-corrected chi connectivity index (χ3v) is 14.9. The highest BCUT2D eigenvalue weighted by molar-refractivity contribution is 7.26. The molecule has 0 fully saturated rings. The zero-order valence-corrected chi connectivity index (χ0v) is 33.4. The first kappa shape index (κ1) is 33.0. The number of nitrogens with zero attached hydrogens (tertiary/aromatic N) is 1. The standard InChI is InChI=1S/C55H33NOS2/c1-2-15-34(16-3-1)36-20-13-30-51-52(36)41-33-35(31-32-50(41)58-51)56(47-27-12-21-40-39-19-6-11-29-49(39)59-54(40)47)46-26-14-25-45-53(46)57-48-28-10-9-24-44(48)55(45)42-22-7-4-17-37(42)38-18-5-8-23-43(38)55/h1-33H. The number of ether oxygens (including phenoxy) is 1. The number of hydrogen-bond donors (Lipinski definition) is 0. The fourth-order valence-corrected chi connectivity index (χ4v) is 12.5. The smallest absolute Gasteiger partial charge is 0.156 e. The number of fused-ring (bicyclic) bond motifs is 15. The van der Waals surface area contributed by atoms with Crippen LogP contribution in [0.4, 0.5) is 17.1 Å². The molecular weight excluding hydrogens is 755 g/mol. The number of benzene rings is 9. The van der Waals surface area contributed by atoms with Crippen LogP contribution in [0.25, 0.3) is 62.6 Å². The van der Waals surface area contributed by atoms with Gasteiger partial charge in [0.2, 0.25) is 0 Å². The van der Waals surface area contributed by atoms with Crippen molar-refractivity contribution in [2.75, 3.05) is 4.90 Å². The molecule has 3 heterocycles. The first-order valence-electron chi connectivity index (χ1n) is 20.1. The fourth-order valence-electron chi connectivity index (χ4n) is 10.2. The normalized spacial score (nSPS) is 13.4. The Hall–Kier alpha value is -6.98. The summed E-state index contributed by atoms with van der Waals surface area (Å²) in [6.07, 6.45) is 0. The minimum absolute atomic E-state index is 0.569. The second-order valence-corrected chi connectivity index (χ2v) is 17.6. The summed E-state index contributed by atoms with van der Waals surface area (Å²) in [4.78, 5) is 2.47. The molecule has 59 heavy (non-hydrogen) atoms. The maximum Gasteiger partial charge on any atom is 0.156 e. The van der Waals surface area contributed by atoms with Crippen LogP contribution in [-0.2, 0) is 5.41 Å². The number of rotatable bonds is 4. The molecule has 0 saturated carbocycles. The van der Waals surface area contributed by atoms with Gasteiger partial charge < -0.3 is 9.64 Å². The third-order valence-electron chi connectivity index (χ3n) is 12.5. The van der Waals surface area contributed by atoms with Gasteiger partial charge in [0.05, 0.1) is 21.5 Å². The lowest BCUT2D eigenvalue weighted by molar-refractivity contribution is 0.437. The van der Waals surface area contributed by atoms with Gasteiger partial charge in [0.1, 0.15) is 5.75 Å². The van der Waals surface area contributed by atoms with Crippen LogP contribution in [0.2, 0.25) is 0 Å². The van der Waals surface area contributed by atoms with Crippen LogP contribution in [0.5, 0.6) is 11.5 Å². The van der Waals surface area contributed by atoms with E-state index in [1.165, 1.54) is 79.3 Å². The van der Waals surface area contributed by atoms with Crippen LogP contribution >= 0.6 is 22.7 Å². The minimum atomic E-state index is -0.569. The topological polar surface area (TPSA) is 12.5 Å². The van der Waals surface area contributed by atoms with E-state index < -0.39 is 5.41 Å². The van der Waals surface area contributed by atoms with Crippen molar-refractivity contribution in [2.45, 2.75) is 5.41 Å². The Morgan fingerprint density at radius 1 is 0.407 bits per heavy atom. The van der Waals surface area contributed by atoms with Gasteiger partial charge in [0, 0.05) is 52.5 Å². The molecule has 2 aliphatic rings. The summed E-state index contributed by atoms with van der Waals surface area (Å²) in [5.74, 6) is 1.75. The van der Waals surface area contributed by atoms with Crippen LogP contribution in [-0.4, -0.2) is 0 Å². The SMILES string of the molecule is c1ccc(-c2cccc3sc4ccc(N(c5cccc6c5Oc5ccccc5C65c6ccccc6-c6ccccc65)c5cccc6c5sc5ccccc56)cc4c23)cc1. The summed E-state index contributed by atoms with van der Waals surface area (Å²) in [5.41, 5.74) is 12.5. The second kappa shape index (κ2) is 12.5. The molecule has 2 aromatic heterocycles. The van der Waals surface area contributed by atoms with E-state index >= 15 is 0 Å². The van der Waals surface area contributed by atoms with Gasteiger partial charge >= 0.3 is 0 Å². The first-order chi connectivity index (χ1) is 29.3. The number of anilines is 3. The van der Waals surface area contributed by atoms with Crippen molar-refractivity contribution in [1.82, 2.24) is 0 Å². The highest BCUT2D eigenvalue weighted by Crippen LogP contribution is 2.64. The summed E-state index contributed by atoms with van der Waals surface area (Å²) in [7, 11) is 0. The van der Waals surface area contributed by atoms with Crippen molar-refractivity contribution < 1.29 is 4.74 Å². The van der Waals surface area contributed by atoms with Gasteiger partial charge in [-0.2, -0.15) is 0 Å². The van der Waals surface area contributed by atoms with Gasteiger partial charge in [0.25, 0.3) is 0 Å². The molecule has 11 aromatic rings. The van der Waals surface area contributed by atoms with Crippen LogP contribution in [0, 0.1) is 0 Å². The van der Waals surface area contributed by atoms with E-state index in [1.54, 1.807) is 0 Å². The maximum atomic E-state index is 7.30. The lowest BCUT2D eigenvalue weighted by Crippen LogP contribution is -2.32. The third kappa shape index (κ3) is 4.56. The molecule has 1 spiro atoms. The monoisotopic (exact) mass is 787 g/mol. The summed E-state index contributed by atoms with van der Waals surface area (Å²) < 4.78 is 12.4. The first-order valence-corrected chi connectivity index (χ1v) is 21.7. The van der Waals surface area contributed by atoms with E-state index in [4.69, 9.17) is 4.74 Å². The zero-order valence-electron chi connectivity index (χ0n) is 31.7. The molecule has 0 saturated heterocycles. The Morgan fingerprint density at radius 3 is 1.86 bits per heavy atom. The molecule has 13 rings (SSSR count). The molecule has 4 heteroatoms. The second-order valence-electron chi connectivity index (χ2n) is 15.5. The lowest BCUT2D eigenvalue weighted by atomic mass is 9.66. The average molecular weight is 788 g/mol. The maximum absolute atomic E-state index is 7.30. The molecule has 0 bridgehead atoms. The van der Waals surface area contributed by atoms with Crippen molar-refractivity contribution in [3.63, 3.8) is 0 Å². The van der Waals surface area contributed by atoms with E-state index in [0.717, 1.165) is 34.1 Å². The summed E-state index contributed by atoms with van der Waals surface area (Å²) in [5, 5.41) is 5.08.